The summed E-state index contributed by atoms with van der Waals surface area (Å²) in [6, 6.07) is 2.26. The van der Waals surface area contributed by atoms with Crippen molar-refractivity contribution in [3.05, 3.63) is 41.9 Å². The number of likely N-dealkylation sites (tertiary alicyclic amines) is 1. The van der Waals surface area contributed by atoms with Gasteiger partial charge in [0.25, 0.3) is 5.91 Å². The van der Waals surface area contributed by atoms with Crippen molar-refractivity contribution < 1.29 is 32.2 Å². The van der Waals surface area contributed by atoms with E-state index < -0.39 is 11.7 Å². The van der Waals surface area contributed by atoms with Gasteiger partial charge in [-0.15, -0.1) is 0 Å². The molecule has 1 unspecified atom stereocenters. The average molecular weight is 580 g/mol. The maximum absolute atomic E-state index is 13.2. The molecule has 3 saturated heterocycles. The SMILES string of the molecule is CO[C@@H]1COCC[C@@H]1NC1CCN(C(=O)c2cc(NC[C@H]3CCC[C@@H](C4C=CC(C(F)(F)F)=CC4)O3)ncn2)CC1. The first kappa shape index (κ1) is 29.9. The van der Waals surface area contributed by atoms with Crippen molar-refractivity contribution >= 4 is 11.7 Å². The van der Waals surface area contributed by atoms with E-state index in [4.69, 9.17) is 14.2 Å². The van der Waals surface area contributed by atoms with Gasteiger partial charge in [0, 0.05) is 57.4 Å². The molecule has 0 saturated carbocycles. The maximum Gasteiger partial charge on any atom is 0.416 e. The summed E-state index contributed by atoms with van der Waals surface area (Å²) in [5.41, 5.74) is -0.243. The molecule has 5 rings (SSSR count). The van der Waals surface area contributed by atoms with E-state index in [-0.39, 0.29) is 36.2 Å². The van der Waals surface area contributed by atoms with Crippen molar-refractivity contribution in [2.24, 2.45) is 5.92 Å². The van der Waals surface area contributed by atoms with E-state index in [2.05, 4.69) is 20.6 Å². The number of piperidine rings is 1. The number of carbonyl (C=O) groups excluding carboxylic acids is 1. The molecule has 1 aromatic heterocycles. The molecule has 12 heteroatoms. The van der Waals surface area contributed by atoms with E-state index in [1.54, 1.807) is 19.3 Å². The van der Waals surface area contributed by atoms with Gasteiger partial charge in [-0.2, -0.15) is 13.2 Å². The molecule has 1 aromatic rings. The number of amides is 1. The number of nitrogens with zero attached hydrogens (tertiary/aromatic N) is 3. The van der Waals surface area contributed by atoms with Crippen LogP contribution in [0.1, 0.15) is 55.4 Å². The largest absolute Gasteiger partial charge is 0.416 e. The number of methoxy groups -OCH3 is 1. The summed E-state index contributed by atoms with van der Waals surface area (Å²) in [5, 5.41) is 6.97. The van der Waals surface area contributed by atoms with Crippen LogP contribution in [0.4, 0.5) is 19.0 Å². The summed E-state index contributed by atoms with van der Waals surface area (Å²) in [4.78, 5) is 23.5. The van der Waals surface area contributed by atoms with Crippen LogP contribution in [0, 0.1) is 5.92 Å². The second kappa shape index (κ2) is 13.6. The van der Waals surface area contributed by atoms with Crippen LogP contribution in [-0.4, -0.2) is 97.3 Å². The van der Waals surface area contributed by atoms with Gasteiger partial charge < -0.3 is 29.7 Å². The van der Waals surface area contributed by atoms with E-state index in [0.29, 0.717) is 50.2 Å². The fraction of sp³-hybridized carbons (Fsp3) is 0.690. The number of carbonyl (C=O) groups is 1. The van der Waals surface area contributed by atoms with E-state index >= 15 is 0 Å². The Labute approximate surface area is 238 Å². The normalized spacial score (nSPS) is 29.7. The summed E-state index contributed by atoms with van der Waals surface area (Å²) in [5.74, 6) is 0.370. The highest BCUT2D eigenvalue weighted by atomic mass is 19.4. The van der Waals surface area contributed by atoms with Gasteiger partial charge in [0.05, 0.1) is 30.5 Å². The van der Waals surface area contributed by atoms with E-state index in [1.807, 2.05) is 4.90 Å². The molecule has 0 aromatic carbocycles. The molecular weight excluding hydrogens is 539 g/mol. The van der Waals surface area contributed by atoms with Crippen LogP contribution in [0.25, 0.3) is 0 Å². The molecule has 226 valence electrons. The summed E-state index contributed by atoms with van der Waals surface area (Å²) in [6.45, 7) is 3.12. The standard InChI is InChI=1S/C29H40F3N5O4/c1-39-26-17-40-14-11-23(26)36-21-9-12-37(13-10-21)28(38)24-15-27(35-18-34-24)33-16-22-3-2-4-25(41-22)19-5-7-20(8-6-19)29(30,31)32/h5,7-8,15,18-19,21-23,25-26,36H,2-4,6,9-14,16-17H2,1H3,(H,33,34,35)/t19?,22-,23+,25+,26-/m1/s1. The number of rotatable bonds is 8. The molecule has 5 atom stereocenters. The first-order valence-electron chi connectivity index (χ1n) is 14.6. The van der Waals surface area contributed by atoms with Crippen molar-refractivity contribution in [1.29, 1.82) is 0 Å². The third kappa shape index (κ3) is 7.85. The number of allylic oxidation sites excluding steroid dienone is 3. The molecular formula is C29H40F3N5O4. The zero-order valence-electron chi connectivity index (χ0n) is 23.4. The quantitative estimate of drug-likeness (QED) is 0.479. The van der Waals surface area contributed by atoms with Crippen molar-refractivity contribution in [3.63, 3.8) is 0 Å². The Morgan fingerprint density at radius 1 is 1.17 bits per heavy atom. The lowest BCUT2D eigenvalue weighted by Crippen LogP contribution is -2.54. The number of aromatic nitrogens is 2. The predicted octanol–water partition coefficient (Wildman–Crippen LogP) is 3.89. The third-order valence-corrected chi connectivity index (χ3v) is 8.56. The Bertz CT molecular complexity index is 1090. The lowest BCUT2D eigenvalue weighted by atomic mass is 9.87. The zero-order chi connectivity index (χ0) is 28.8. The van der Waals surface area contributed by atoms with Crippen molar-refractivity contribution in [3.8, 4) is 0 Å². The Morgan fingerprint density at radius 3 is 2.73 bits per heavy atom. The van der Waals surface area contributed by atoms with Crippen LogP contribution in [0.3, 0.4) is 0 Å². The van der Waals surface area contributed by atoms with Crippen LogP contribution in [-0.2, 0) is 14.2 Å². The van der Waals surface area contributed by atoms with Crippen molar-refractivity contribution in [2.75, 3.05) is 45.3 Å². The number of ether oxygens (including phenoxy) is 3. The summed E-state index contributed by atoms with van der Waals surface area (Å²) in [6.07, 6.45) is 6.54. The highest BCUT2D eigenvalue weighted by Crippen LogP contribution is 2.35. The molecule has 4 aliphatic rings. The number of anilines is 1. The molecule has 0 bridgehead atoms. The van der Waals surface area contributed by atoms with Crippen LogP contribution in [0.2, 0.25) is 0 Å². The number of nitrogens with one attached hydrogen (secondary N) is 2. The average Bonchev–Trinajstić information content (AvgIpc) is 3.00. The zero-order valence-corrected chi connectivity index (χ0v) is 23.4. The topological polar surface area (TPSA) is 97.8 Å². The van der Waals surface area contributed by atoms with E-state index in [9.17, 15) is 18.0 Å². The molecule has 4 heterocycles. The third-order valence-electron chi connectivity index (χ3n) is 8.56. The van der Waals surface area contributed by atoms with Gasteiger partial charge >= 0.3 is 6.18 Å². The monoisotopic (exact) mass is 579 g/mol. The number of hydrogen-bond acceptors (Lipinski definition) is 8. The Kier molecular flexibility index (Phi) is 9.95. The first-order chi connectivity index (χ1) is 19.8. The molecule has 0 radical (unpaired) electrons. The Balaban J connectivity index is 1.08. The number of halogens is 3. The van der Waals surface area contributed by atoms with Crippen LogP contribution >= 0.6 is 0 Å². The molecule has 3 aliphatic heterocycles. The number of alkyl halides is 3. The molecule has 2 N–H and O–H groups in total. The predicted molar refractivity (Wildman–Crippen MR) is 147 cm³/mol. The fourth-order valence-electron chi connectivity index (χ4n) is 6.16. The Morgan fingerprint density at radius 2 is 2.00 bits per heavy atom. The lowest BCUT2D eigenvalue weighted by Gasteiger charge is -2.38. The smallest absolute Gasteiger partial charge is 0.379 e. The molecule has 9 nitrogen and oxygen atoms in total. The van der Waals surface area contributed by atoms with Gasteiger partial charge in [-0.1, -0.05) is 18.2 Å². The first-order valence-corrected chi connectivity index (χ1v) is 14.6. The molecule has 3 fully saturated rings. The minimum atomic E-state index is -4.31. The second-order valence-electron chi connectivity index (χ2n) is 11.3. The Hall–Kier alpha value is -2.54. The van der Waals surface area contributed by atoms with Gasteiger partial charge in [-0.3, -0.25) is 4.79 Å². The highest BCUT2D eigenvalue weighted by molar-refractivity contribution is 5.93. The van der Waals surface area contributed by atoms with Crippen LogP contribution in [0.5, 0.6) is 0 Å². The van der Waals surface area contributed by atoms with Crippen molar-refractivity contribution in [2.45, 2.75) is 81.5 Å². The lowest BCUT2D eigenvalue weighted by molar-refractivity contribution is -0.0899. The van der Waals surface area contributed by atoms with E-state index in [1.165, 1.54) is 18.5 Å². The molecule has 0 spiro atoms. The van der Waals surface area contributed by atoms with Gasteiger partial charge in [0.1, 0.15) is 17.8 Å². The molecule has 41 heavy (non-hydrogen) atoms. The second-order valence-corrected chi connectivity index (χ2v) is 11.3. The van der Waals surface area contributed by atoms with Crippen LogP contribution in [0.15, 0.2) is 36.2 Å². The van der Waals surface area contributed by atoms with E-state index in [0.717, 1.165) is 45.1 Å². The van der Waals surface area contributed by atoms with Gasteiger partial charge in [0.2, 0.25) is 0 Å². The molecule has 1 aliphatic carbocycles. The van der Waals surface area contributed by atoms with Crippen molar-refractivity contribution in [1.82, 2.24) is 20.2 Å². The number of hydrogen-bond donors (Lipinski definition) is 2. The van der Waals surface area contributed by atoms with Gasteiger partial charge in [-0.05, 0) is 44.9 Å². The fourth-order valence-corrected chi connectivity index (χ4v) is 6.16. The van der Waals surface area contributed by atoms with Gasteiger partial charge in [-0.25, -0.2) is 9.97 Å². The minimum absolute atomic E-state index is 0.0490. The summed E-state index contributed by atoms with van der Waals surface area (Å²) >= 11 is 0. The summed E-state index contributed by atoms with van der Waals surface area (Å²) in [7, 11) is 1.71. The highest BCUT2D eigenvalue weighted by Gasteiger charge is 2.35. The maximum atomic E-state index is 13.2. The molecule has 1 amide bonds. The van der Waals surface area contributed by atoms with Crippen LogP contribution < -0.4 is 10.6 Å². The minimum Gasteiger partial charge on any atom is -0.379 e. The summed E-state index contributed by atoms with van der Waals surface area (Å²) < 4.78 is 56.1. The van der Waals surface area contributed by atoms with Gasteiger partial charge in [0.15, 0.2) is 0 Å².